The highest BCUT2D eigenvalue weighted by Gasteiger charge is 2.19. The molecule has 0 aromatic carbocycles. The second-order valence-corrected chi connectivity index (χ2v) is 5.39. The van der Waals surface area contributed by atoms with E-state index in [4.69, 9.17) is 0 Å². The lowest BCUT2D eigenvalue weighted by Crippen LogP contribution is -2.23. The highest BCUT2D eigenvalue weighted by atomic mass is 32.2. The third kappa shape index (κ3) is 2.57. The van der Waals surface area contributed by atoms with Gasteiger partial charge in [-0.05, 0) is 20.8 Å². The van der Waals surface area contributed by atoms with Crippen LogP contribution < -0.4 is 4.72 Å². The van der Waals surface area contributed by atoms with Crippen molar-refractivity contribution < 1.29 is 8.42 Å². The van der Waals surface area contributed by atoms with Crippen LogP contribution in [-0.4, -0.2) is 24.7 Å². The minimum absolute atomic E-state index is 0.161. The number of aryl methyl sites for hydroxylation is 1. The topological polar surface area (TPSA) is 64.0 Å². The Labute approximate surface area is 90.5 Å². The molecular formula is C9H17N3O2S. The van der Waals surface area contributed by atoms with Crippen LogP contribution >= 0.6 is 0 Å². The molecule has 86 valence electrons. The predicted octanol–water partition coefficient (Wildman–Crippen LogP) is 1.07. The molecule has 0 saturated heterocycles. The fraction of sp³-hybridized carbons (Fsp3) is 0.667. The zero-order chi connectivity index (χ0) is 11.6. The predicted molar refractivity (Wildman–Crippen MR) is 58.2 cm³/mol. The van der Waals surface area contributed by atoms with Crippen LogP contribution in [0.1, 0.15) is 32.5 Å². The van der Waals surface area contributed by atoms with Crippen molar-refractivity contribution in [2.75, 3.05) is 6.54 Å². The summed E-state index contributed by atoms with van der Waals surface area (Å²) in [7, 11) is -3.39. The first-order valence-electron chi connectivity index (χ1n) is 4.94. The minimum Gasteiger partial charge on any atom is -0.269 e. The van der Waals surface area contributed by atoms with Crippen LogP contribution in [0.5, 0.6) is 0 Å². The number of hydrogen-bond donors (Lipinski definition) is 1. The molecule has 5 nitrogen and oxygen atoms in total. The zero-order valence-corrected chi connectivity index (χ0v) is 10.3. The molecule has 0 bridgehead atoms. The molecule has 15 heavy (non-hydrogen) atoms. The number of hydrogen-bond acceptors (Lipinski definition) is 3. The van der Waals surface area contributed by atoms with E-state index in [0.717, 1.165) is 0 Å². The van der Waals surface area contributed by atoms with Crippen LogP contribution in [0.15, 0.2) is 11.1 Å². The van der Waals surface area contributed by atoms with E-state index in [2.05, 4.69) is 9.82 Å². The third-order valence-electron chi connectivity index (χ3n) is 2.02. The molecule has 1 N–H and O–H groups in total. The summed E-state index contributed by atoms with van der Waals surface area (Å²) in [6.07, 6.45) is 1.57. The van der Waals surface area contributed by atoms with E-state index in [1.165, 1.54) is 0 Å². The molecule has 0 aliphatic carbocycles. The maximum absolute atomic E-state index is 11.7. The SMILES string of the molecule is CCNS(=O)(=O)c1cn(C(C)C)nc1C. The molecule has 1 heterocycles. The average Bonchev–Trinajstić information content (AvgIpc) is 2.47. The van der Waals surface area contributed by atoms with Gasteiger partial charge in [-0.25, -0.2) is 13.1 Å². The van der Waals surface area contributed by atoms with Crippen molar-refractivity contribution in [3.8, 4) is 0 Å². The van der Waals surface area contributed by atoms with Crippen molar-refractivity contribution in [3.63, 3.8) is 0 Å². The first kappa shape index (κ1) is 12.2. The van der Waals surface area contributed by atoms with Crippen molar-refractivity contribution in [2.45, 2.75) is 38.6 Å². The second kappa shape index (κ2) is 4.32. The number of nitrogens with zero attached hydrogens (tertiary/aromatic N) is 2. The largest absolute Gasteiger partial charge is 0.269 e. The van der Waals surface area contributed by atoms with Gasteiger partial charge in [0.05, 0.1) is 5.69 Å². The highest BCUT2D eigenvalue weighted by Crippen LogP contribution is 2.15. The van der Waals surface area contributed by atoms with E-state index in [9.17, 15) is 8.42 Å². The van der Waals surface area contributed by atoms with Crippen molar-refractivity contribution >= 4 is 10.0 Å². The summed E-state index contributed by atoms with van der Waals surface area (Å²) >= 11 is 0. The van der Waals surface area contributed by atoms with Gasteiger partial charge < -0.3 is 0 Å². The van der Waals surface area contributed by atoms with Crippen molar-refractivity contribution in [2.24, 2.45) is 0 Å². The fourth-order valence-electron chi connectivity index (χ4n) is 1.26. The molecule has 0 aliphatic rings. The summed E-state index contributed by atoms with van der Waals surface area (Å²) in [5.41, 5.74) is 0.532. The van der Waals surface area contributed by atoms with Crippen LogP contribution in [0.2, 0.25) is 0 Å². The van der Waals surface area contributed by atoms with Gasteiger partial charge in [0.25, 0.3) is 0 Å². The molecule has 0 atom stereocenters. The first-order valence-corrected chi connectivity index (χ1v) is 6.42. The van der Waals surface area contributed by atoms with Gasteiger partial charge >= 0.3 is 0 Å². The van der Waals surface area contributed by atoms with E-state index in [0.29, 0.717) is 12.2 Å². The lowest BCUT2D eigenvalue weighted by Gasteiger charge is -2.03. The van der Waals surface area contributed by atoms with Crippen molar-refractivity contribution in [1.29, 1.82) is 0 Å². The maximum Gasteiger partial charge on any atom is 0.243 e. The quantitative estimate of drug-likeness (QED) is 0.843. The molecule has 1 aromatic heterocycles. The molecule has 0 saturated carbocycles. The Morgan fingerprint density at radius 2 is 2.13 bits per heavy atom. The van der Waals surface area contributed by atoms with Gasteiger partial charge in [0, 0.05) is 18.8 Å². The molecule has 0 aliphatic heterocycles. The maximum atomic E-state index is 11.7. The normalized spacial score (nSPS) is 12.3. The Kier molecular flexibility index (Phi) is 3.51. The number of sulfonamides is 1. The van der Waals surface area contributed by atoms with Gasteiger partial charge in [-0.2, -0.15) is 5.10 Å². The van der Waals surface area contributed by atoms with Crippen LogP contribution in [0.4, 0.5) is 0 Å². The van der Waals surface area contributed by atoms with E-state index in [1.807, 2.05) is 13.8 Å². The zero-order valence-electron chi connectivity index (χ0n) is 9.48. The molecule has 1 aromatic rings. The van der Waals surface area contributed by atoms with Crippen LogP contribution in [0, 0.1) is 6.92 Å². The molecule has 0 amide bonds. The number of nitrogens with one attached hydrogen (secondary N) is 1. The standard InChI is InChI=1S/C9H17N3O2S/c1-5-10-15(13,14)9-6-12(7(2)3)11-8(9)4/h6-7,10H,5H2,1-4H3. The molecule has 0 radical (unpaired) electrons. The van der Waals surface area contributed by atoms with Crippen molar-refractivity contribution in [1.82, 2.24) is 14.5 Å². The van der Waals surface area contributed by atoms with Crippen molar-refractivity contribution in [3.05, 3.63) is 11.9 Å². The molecular weight excluding hydrogens is 214 g/mol. The minimum atomic E-state index is -3.39. The van der Waals surface area contributed by atoms with Gasteiger partial charge in [0.1, 0.15) is 4.90 Å². The summed E-state index contributed by atoms with van der Waals surface area (Å²) in [6, 6.07) is 0.161. The fourth-order valence-corrected chi connectivity index (χ4v) is 2.47. The number of rotatable bonds is 4. The summed E-state index contributed by atoms with van der Waals surface area (Å²) < 4.78 is 27.6. The van der Waals surface area contributed by atoms with Gasteiger partial charge in [0.2, 0.25) is 10.0 Å². The summed E-state index contributed by atoms with van der Waals surface area (Å²) in [4.78, 5) is 0.262. The lowest BCUT2D eigenvalue weighted by molar-refractivity contribution is 0.528. The third-order valence-corrected chi connectivity index (χ3v) is 3.67. The second-order valence-electron chi connectivity index (χ2n) is 3.65. The van der Waals surface area contributed by atoms with E-state index in [1.54, 1.807) is 24.7 Å². The highest BCUT2D eigenvalue weighted by molar-refractivity contribution is 7.89. The van der Waals surface area contributed by atoms with E-state index < -0.39 is 10.0 Å². The average molecular weight is 231 g/mol. The number of aromatic nitrogens is 2. The van der Waals surface area contributed by atoms with E-state index >= 15 is 0 Å². The lowest BCUT2D eigenvalue weighted by atomic mass is 10.4. The summed E-state index contributed by atoms with van der Waals surface area (Å²) in [6.45, 7) is 7.74. The summed E-state index contributed by atoms with van der Waals surface area (Å²) in [5, 5.41) is 4.16. The molecule has 0 fully saturated rings. The van der Waals surface area contributed by atoms with Gasteiger partial charge in [-0.1, -0.05) is 6.92 Å². The Morgan fingerprint density at radius 1 is 1.53 bits per heavy atom. The first-order chi connectivity index (χ1) is 6.88. The van der Waals surface area contributed by atoms with Gasteiger partial charge in [-0.3, -0.25) is 4.68 Å². The Hall–Kier alpha value is -0.880. The molecule has 0 spiro atoms. The van der Waals surface area contributed by atoms with Gasteiger partial charge in [-0.15, -0.1) is 0 Å². The Morgan fingerprint density at radius 3 is 2.53 bits per heavy atom. The summed E-state index contributed by atoms with van der Waals surface area (Å²) in [5.74, 6) is 0. The Balaban J connectivity index is 3.15. The van der Waals surface area contributed by atoms with E-state index in [-0.39, 0.29) is 10.9 Å². The Bertz CT molecular complexity index is 434. The van der Waals surface area contributed by atoms with Crippen LogP contribution in [0.25, 0.3) is 0 Å². The molecule has 0 unspecified atom stereocenters. The molecule has 1 rings (SSSR count). The van der Waals surface area contributed by atoms with Crippen LogP contribution in [0.3, 0.4) is 0 Å². The molecule has 6 heteroatoms. The smallest absolute Gasteiger partial charge is 0.243 e. The monoisotopic (exact) mass is 231 g/mol. The van der Waals surface area contributed by atoms with Gasteiger partial charge in [0.15, 0.2) is 0 Å². The van der Waals surface area contributed by atoms with Crippen LogP contribution in [-0.2, 0) is 10.0 Å².